The Morgan fingerprint density at radius 3 is 2.84 bits per heavy atom. The van der Waals surface area contributed by atoms with E-state index in [4.69, 9.17) is 9.47 Å². The molecule has 2 amide bonds. The molecule has 0 aromatic carbocycles. The number of ether oxygens (including phenoxy) is 2. The highest BCUT2D eigenvalue weighted by Gasteiger charge is 2.42. The highest BCUT2D eigenvalue weighted by atomic mass is 16.7. The highest BCUT2D eigenvalue weighted by Crippen LogP contribution is 2.33. The van der Waals surface area contributed by atoms with Gasteiger partial charge in [0.05, 0.1) is 13.2 Å². The molecular formula is C14H24N2O3. The van der Waals surface area contributed by atoms with Gasteiger partial charge in [0, 0.05) is 25.0 Å². The minimum Gasteiger partial charge on any atom is -0.347 e. The van der Waals surface area contributed by atoms with Crippen LogP contribution in [0.1, 0.15) is 26.7 Å². The van der Waals surface area contributed by atoms with Gasteiger partial charge in [0.25, 0.3) is 0 Å². The van der Waals surface area contributed by atoms with Crippen molar-refractivity contribution in [1.29, 1.82) is 0 Å². The van der Waals surface area contributed by atoms with E-state index in [-0.39, 0.29) is 18.0 Å². The number of piperidine rings is 1. The smallest absolute Gasteiger partial charge is 0.317 e. The summed E-state index contributed by atoms with van der Waals surface area (Å²) < 4.78 is 11.4. The molecule has 2 unspecified atom stereocenters. The second kappa shape index (κ2) is 5.92. The lowest BCUT2D eigenvalue weighted by atomic mass is 9.90. The van der Waals surface area contributed by atoms with E-state index in [0.717, 1.165) is 19.4 Å². The molecule has 2 aliphatic rings. The molecule has 5 heteroatoms. The quantitative estimate of drug-likeness (QED) is 0.793. The van der Waals surface area contributed by atoms with Gasteiger partial charge in [-0.25, -0.2) is 4.79 Å². The standard InChI is InChI=1S/C14H24N2O3/c1-4-11(2)15-13(17)16-7-5-6-12(10-16)14(3)18-8-9-19-14/h4,11-12H,1,5-10H2,2-3H3,(H,15,17). The summed E-state index contributed by atoms with van der Waals surface area (Å²) in [7, 11) is 0. The van der Waals surface area contributed by atoms with Gasteiger partial charge < -0.3 is 19.7 Å². The van der Waals surface area contributed by atoms with Gasteiger partial charge in [0.2, 0.25) is 0 Å². The topological polar surface area (TPSA) is 50.8 Å². The van der Waals surface area contributed by atoms with E-state index in [0.29, 0.717) is 19.8 Å². The molecule has 0 spiro atoms. The Kier molecular flexibility index (Phi) is 4.47. The highest BCUT2D eigenvalue weighted by molar-refractivity contribution is 5.74. The molecule has 2 rings (SSSR count). The third-order valence-electron chi connectivity index (χ3n) is 4.02. The fourth-order valence-electron chi connectivity index (χ4n) is 2.70. The third-order valence-corrected chi connectivity index (χ3v) is 4.02. The van der Waals surface area contributed by atoms with Crippen LogP contribution in [-0.4, -0.2) is 49.1 Å². The van der Waals surface area contributed by atoms with Gasteiger partial charge in [-0.2, -0.15) is 0 Å². The molecule has 0 aliphatic carbocycles. The van der Waals surface area contributed by atoms with Crippen LogP contribution in [0, 0.1) is 5.92 Å². The number of rotatable bonds is 3. The first kappa shape index (κ1) is 14.3. The zero-order valence-corrected chi connectivity index (χ0v) is 11.9. The summed E-state index contributed by atoms with van der Waals surface area (Å²) >= 11 is 0. The van der Waals surface area contributed by atoms with Crippen molar-refractivity contribution < 1.29 is 14.3 Å². The maximum absolute atomic E-state index is 12.1. The number of nitrogens with one attached hydrogen (secondary N) is 1. The van der Waals surface area contributed by atoms with Gasteiger partial charge in [0.1, 0.15) is 0 Å². The third kappa shape index (κ3) is 3.28. The van der Waals surface area contributed by atoms with Crippen LogP contribution in [0.5, 0.6) is 0 Å². The van der Waals surface area contributed by atoms with Crippen molar-refractivity contribution >= 4 is 6.03 Å². The van der Waals surface area contributed by atoms with Crippen LogP contribution >= 0.6 is 0 Å². The normalized spacial score (nSPS) is 27.9. The minimum absolute atomic E-state index is 0.0116. The molecule has 0 bridgehead atoms. The Morgan fingerprint density at radius 1 is 1.53 bits per heavy atom. The van der Waals surface area contributed by atoms with Crippen molar-refractivity contribution in [3.8, 4) is 0 Å². The Morgan fingerprint density at radius 2 is 2.21 bits per heavy atom. The molecule has 19 heavy (non-hydrogen) atoms. The molecule has 1 N–H and O–H groups in total. The van der Waals surface area contributed by atoms with Crippen LogP contribution in [0.15, 0.2) is 12.7 Å². The van der Waals surface area contributed by atoms with Crippen LogP contribution in [0.25, 0.3) is 0 Å². The summed E-state index contributed by atoms with van der Waals surface area (Å²) in [5.41, 5.74) is 0. The SMILES string of the molecule is C=CC(C)NC(=O)N1CCCC(C2(C)OCCO2)C1. The predicted molar refractivity (Wildman–Crippen MR) is 72.8 cm³/mol. The molecule has 2 fully saturated rings. The zero-order valence-electron chi connectivity index (χ0n) is 11.9. The zero-order chi connectivity index (χ0) is 13.9. The molecule has 0 radical (unpaired) electrons. The fraction of sp³-hybridized carbons (Fsp3) is 0.786. The largest absolute Gasteiger partial charge is 0.347 e. The maximum atomic E-state index is 12.1. The van der Waals surface area contributed by atoms with Crippen molar-refractivity contribution in [2.75, 3.05) is 26.3 Å². The minimum atomic E-state index is -0.525. The van der Waals surface area contributed by atoms with E-state index in [9.17, 15) is 4.79 Å². The Bertz CT molecular complexity index is 340. The lowest BCUT2D eigenvalue weighted by Crippen LogP contribution is -2.52. The summed E-state index contributed by atoms with van der Waals surface area (Å²) in [5, 5.41) is 2.91. The summed E-state index contributed by atoms with van der Waals surface area (Å²) in [6.07, 6.45) is 3.75. The summed E-state index contributed by atoms with van der Waals surface area (Å²) in [6.45, 7) is 10.3. The van der Waals surface area contributed by atoms with Crippen molar-refractivity contribution in [1.82, 2.24) is 10.2 Å². The lowest BCUT2D eigenvalue weighted by molar-refractivity contribution is -0.189. The van der Waals surface area contributed by atoms with Crippen molar-refractivity contribution in [3.05, 3.63) is 12.7 Å². The van der Waals surface area contributed by atoms with Crippen LogP contribution in [0.2, 0.25) is 0 Å². The van der Waals surface area contributed by atoms with Gasteiger partial charge >= 0.3 is 6.03 Å². The monoisotopic (exact) mass is 268 g/mol. The molecule has 0 aromatic rings. The van der Waals surface area contributed by atoms with Gasteiger partial charge in [-0.1, -0.05) is 6.08 Å². The average Bonchev–Trinajstić information content (AvgIpc) is 2.87. The number of hydrogen-bond donors (Lipinski definition) is 1. The first-order valence-electron chi connectivity index (χ1n) is 7.01. The van der Waals surface area contributed by atoms with E-state index in [1.807, 2.05) is 18.7 Å². The number of urea groups is 1. The predicted octanol–water partition coefficient (Wildman–Crippen LogP) is 1.75. The molecule has 2 saturated heterocycles. The number of likely N-dealkylation sites (tertiary alicyclic amines) is 1. The molecule has 5 nitrogen and oxygen atoms in total. The summed E-state index contributed by atoms with van der Waals surface area (Å²) in [5.74, 6) is -0.281. The van der Waals surface area contributed by atoms with Crippen molar-refractivity contribution in [2.24, 2.45) is 5.92 Å². The summed E-state index contributed by atoms with van der Waals surface area (Å²) in [4.78, 5) is 14.0. The van der Waals surface area contributed by atoms with Crippen molar-refractivity contribution in [3.63, 3.8) is 0 Å². The van der Waals surface area contributed by atoms with Crippen LogP contribution in [-0.2, 0) is 9.47 Å². The van der Waals surface area contributed by atoms with E-state index in [2.05, 4.69) is 11.9 Å². The van der Waals surface area contributed by atoms with Crippen molar-refractivity contribution in [2.45, 2.75) is 38.5 Å². The molecule has 108 valence electrons. The lowest BCUT2D eigenvalue weighted by Gasteiger charge is -2.40. The van der Waals surface area contributed by atoms with Crippen LogP contribution in [0.4, 0.5) is 4.79 Å². The fourth-order valence-corrected chi connectivity index (χ4v) is 2.70. The molecule has 2 heterocycles. The van der Waals surface area contributed by atoms with Gasteiger partial charge in [-0.05, 0) is 26.7 Å². The first-order chi connectivity index (χ1) is 9.05. The van der Waals surface area contributed by atoms with Gasteiger partial charge in [0.15, 0.2) is 5.79 Å². The molecule has 2 atom stereocenters. The molecule has 0 aromatic heterocycles. The Labute approximate surface area is 114 Å². The first-order valence-corrected chi connectivity index (χ1v) is 7.01. The molecule has 2 aliphatic heterocycles. The average molecular weight is 268 g/mol. The Hall–Kier alpha value is -1.07. The number of carbonyl (C=O) groups is 1. The van der Waals surface area contributed by atoms with Gasteiger partial charge in [-0.15, -0.1) is 6.58 Å². The van der Waals surface area contributed by atoms with Crippen LogP contribution < -0.4 is 5.32 Å². The summed E-state index contributed by atoms with van der Waals surface area (Å²) in [6, 6.07) is -0.0406. The number of hydrogen-bond acceptors (Lipinski definition) is 3. The molecular weight excluding hydrogens is 244 g/mol. The van der Waals surface area contributed by atoms with Gasteiger partial charge in [-0.3, -0.25) is 0 Å². The van der Waals surface area contributed by atoms with E-state index < -0.39 is 5.79 Å². The second-order valence-corrected chi connectivity index (χ2v) is 5.47. The number of nitrogens with zero attached hydrogens (tertiary/aromatic N) is 1. The number of carbonyl (C=O) groups excluding carboxylic acids is 1. The Balaban J connectivity index is 1.93. The second-order valence-electron chi connectivity index (χ2n) is 5.47. The molecule has 0 saturated carbocycles. The van der Waals surface area contributed by atoms with E-state index in [1.165, 1.54) is 0 Å². The maximum Gasteiger partial charge on any atom is 0.317 e. The van der Waals surface area contributed by atoms with Crippen LogP contribution in [0.3, 0.4) is 0 Å². The van der Waals surface area contributed by atoms with E-state index in [1.54, 1.807) is 6.08 Å². The van der Waals surface area contributed by atoms with E-state index >= 15 is 0 Å². The number of amides is 2.